The molecule has 1 saturated carbocycles. The van der Waals surface area contributed by atoms with Crippen LogP contribution in [-0.4, -0.2) is 11.8 Å². The number of benzene rings is 1. The lowest BCUT2D eigenvalue weighted by atomic mass is 9.89. The second-order valence-electron chi connectivity index (χ2n) is 5.14. The second-order valence-corrected chi connectivity index (χ2v) is 5.55. The summed E-state index contributed by atoms with van der Waals surface area (Å²) in [5.74, 6) is -0.316. The second kappa shape index (κ2) is 7.29. The van der Waals surface area contributed by atoms with Crippen molar-refractivity contribution in [2.24, 2.45) is 5.92 Å². The molecule has 1 aromatic carbocycles. The van der Waals surface area contributed by atoms with Gasteiger partial charge in [-0.15, -0.1) is 0 Å². The van der Waals surface area contributed by atoms with Gasteiger partial charge in [-0.2, -0.15) is 0 Å². The smallest absolute Gasteiger partial charge is 0.242 e. The molecule has 0 unspecified atom stereocenters. The Bertz CT molecular complexity index is 485. The molecular weight excluding hydrogens is 276 g/mol. The van der Waals surface area contributed by atoms with Gasteiger partial charge in [0.15, 0.2) is 0 Å². The first-order valence-corrected chi connectivity index (χ1v) is 7.36. The number of nitrogens with one attached hydrogen (secondary N) is 2. The highest BCUT2D eigenvalue weighted by Gasteiger charge is 2.21. The normalized spacial score (nSPS) is 15.7. The summed E-state index contributed by atoms with van der Waals surface area (Å²) < 4.78 is 0. The Hall–Kier alpha value is -1.55. The minimum Gasteiger partial charge on any atom is -0.273 e. The van der Waals surface area contributed by atoms with Gasteiger partial charge in [-0.3, -0.25) is 20.4 Å². The van der Waals surface area contributed by atoms with Crippen LogP contribution in [0, 0.1) is 5.92 Å². The molecule has 1 fully saturated rings. The van der Waals surface area contributed by atoms with Crippen LogP contribution in [0.15, 0.2) is 24.3 Å². The van der Waals surface area contributed by atoms with Gasteiger partial charge in [0.1, 0.15) is 0 Å². The van der Waals surface area contributed by atoms with E-state index in [1.54, 1.807) is 12.1 Å². The van der Waals surface area contributed by atoms with Gasteiger partial charge in [-0.25, -0.2) is 0 Å². The van der Waals surface area contributed by atoms with Crippen LogP contribution in [0.25, 0.3) is 0 Å². The van der Waals surface area contributed by atoms with Crippen LogP contribution in [0.3, 0.4) is 0 Å². The van der Waals surface area contributed by atoms with E-state index < -0.39 is 0 Å². The third-order valence-electron chi connectivity index (χ3n) is 3.61. The lowest BCUT2D eigenvalue weighted by Gasteiger charge is -2.20. The van der Waals surface area contributed by atoms with Crippen molar-refractivity contribution in [3.63, 3.8) is 0 Å². The molecule has 0 saturated heterocycles. The van der Waals surface area contributed by atoms with Gasteiger partial charge in [-0.05, 0) is 24.5 Å². The van der Waals surface area contributed by atoms with Gasteiger partial charge >= 0.3 is 0 Å². The number of carbonyl (C=O) groups excluding carboxylic acids is 2. The number of hydrazine groups is 1. The Kier molecular flexibility index (Phi) is 5.41. The molecule has 0 aromatic heterocycles. The van der Waals surface area contributed by atoms with Crippen molar-refractivity contribution in [3.8, 4) is 0 Å². The van der Waals surface area contributed by atoms with Crippen LogP contribution in [-0.2, 0) is 16.0 Å². The minimum atomic E-state index is -0.262. The van der Waals surface area contributed by atoms with E-state index in [-0.39, 0.29) is 24.2 Å². The number of carbonyl (C=O) groups is 2. The number of hydrogen-bond acceptors (Lipinski definition) is 2. The molecular formula is C15H19ClN2O2. The predicted molar refractivity (Wildman–Crippen MR) is 78.0 cm³/mol. The highest BCUT2D eigenvalue weighted by molar-refractivity contribution is 6.31. The van der Waals surface area contributed by atoms with E-state index in [0.717, 1.165) is 31.2 Å². The molecule has 5 heteroatoms. The lowest BCUT2D eigenvalue weighted by molar-refractivity contribution is -0.131. The zero-order valence-electron chi connectivity index (χ0n) is 11.3. The van der Waals surface area contributed by atoms with Crippen LogP contribution in [0.1, 0.15) is 37.7 Å². The fraction of sp³-hybridized carbons (Fsp3) is 0.467. The first-order chi connectivity index (χ1) is 9.66. The van der Waals surface area contributed by atoms with E-state index in [4.69, 9.17) is 11.6 Å². The predicted octanol–water partition coefficient (Wildman–Crippen LogP) is 2.61. The monoisotopic (exact) mass is 294 g/mol. The molecule has 2 N–H and O–H groups in total. The Morgan fingerprint density at radius 3 is 2.50 bits per heavy atom. The maximum atomic E-state index is 11.9. The SMILES string of the molecule is O=C(Cc1ccccc1Cl)NNC(=O)C1CCCCC1. The van der Waals surface area contributed by atoms with Crippen molar-refractivity contribution in [2.75, 3.05) is 0 Å². The van der Waals surface area contributed by atoms with Crippen molar-refractivity contribution in [2.45, 2.75) is 38.5 Å². The van der Waals surface area contributed by atoms with Crippen LogP contribution in [0.5, 0.6) is 0 Å². The molecule has 1 aliphatic rings. The van der Waals surface area contributed by atoms with Crippen molar-refractivity contribution in [1.82, 2.24) is 10.9 Å². The fourth-order valence-electron chi connectivity index (χ4n) is 2.46. The van der Waals surface area contributed by atoms with Crippen LogP contribution < -0.4 is 10.9 Å². The summed E-state index contributed by atoms with van der Waals surface area (Å²) >= 11 is 5.99. The van der Waals surface area contributed by atoms with E-state index in [9.17, 15) is 9.59 Å². The summed E-state index contributed by atoms with van der Waals surface area (Å²) in [4.78, 5) is 23.6. The Morgan fingerprint density at radius 2 is 1.80 bits per heavy atom. The average Bonchev–Trinajstić information content (AvgIpc) is 2.48. The first-order valence-electron chi connectivity index (χ1n) is 6.99. The summed E-state index contributed by atoms with van der Waals surface area (Å²) in [6.07, 6.45) is 5.35. The molecule has 4 nitrogen and oxygen atoms in total. The van der Waals surface area contributed by atoms with Gasteiger partial charge in [0.2, 0.25) is 11.8 Å². The zero-order chi connectivity index (χ0) is 14.4. The van der Waals surface area contributed by atoms with E-state index in [1.807, 2.05) is 12.1 Å². The molecule has 0 bridgehead atoms. The van der Waals surface area contributed by atoms with Gasteiger partial charge in [0, 0.05) is 10.9 Å². The molecule has 2 rings (SSSR count). The molecule has 0 radical (unpaired) electrons. The van der Waals surface area contributed by atoms with E-state index in [1.165, 1.54) is 6.42 Å². The lowest BCUT2D eigenvalue weighted by Crippen LogP contribution is -2.45. The summed E-state index contributed by atoms with van der Waals surface area (Å²) in [7, 11) is 0. The van der Waals surface area contributed by atoms with Crippen LogP contribution in [0.2, 0.25) is 5.02 Å². The summed E-state index contributed by atoms with van der Waals surface area (Å²) in [6, 6.07) is 7.18. The third-order valence-corrected chi connectivity index (χ3v) is 3.98. The fourth-order valence-corrected chi connectivity index (χ4v) is 2.66. The van der Waals surface area contributed by atoms with Crippen molar-refractivity contribution >= 4 is 23.4 Å². The van der Waals surface area contributed by atoms with E-state index in [2.05, 4.69) is 10.9 Å². The topological polar surface area (TPSA) is 58.2 Å². The molecule has 108 valence electrons. The maximum Gasteiger partial charge on any atom is 0.242 e. The molecule has 20 heavy (non-hydrogen) atoms. The van der Waals surface area contributed by atoms with Gasteiger partial charge in [-0.1, -0.05) is 49.1 Å². The standard InChI is InChI=1S/C15H19ClN2O2/c16-13-9-5-4-8-12(13)10-14(19)17-18-15(20)11-6-2-1-3-7-11/h4-5,8-9,11H,1-3,6-7,10H2,(H,17,19)(H,18,20). The average molecular weight is 295 g/mol. The molecule has 0 atom stereocenters. The molecule has 2 amide bonds. The summed E-state index contributed by atoms with van der Waals surface area (Å²) in [5.41, 5.74) is 5.72. The van der Waals surface area contributed by atoms with Gasteiger partial charge in [0.05, 0.1) is 6.42 Å². The Labute approximate surface area is 123 Å². The van der Waals surface area contributed by atoms with Crippen molar-refractivity contribution in [1.29, 1.82) is 0 Å². The zero-order valence-corrected chi connectivity index (χ0v) is 12.1. The van der Waals surface area contributed by atoms with Gasteiger partial charge < -0.3 is 0 Å². The number of halogens is 1. The number of rotatable bonds is 3. The molecule has 0 heterocycles. The van der Waals surface area contributed by atoms with Crippen molar-refractivity contribution in [3.05, 3.63) is 34.9 Å². The highest BCUT2D eigenvalue weighted by Crippen LogP contribution is 2.23. The van der Waals surface area contributed by atoms with Crippen LogP contribution in [0.4, 0.5) is 0 Å². The van der Waals surface area contributed by atoms with Crippen LogP contribution >= 0.6 is 11.6 Å². The van der Waals surface area contributed by atoms with E-state index in [0.29, 0.717) is 5.02 Å². The Balaban J connectivity index is 1.77. The number of amides is 2. The molecule has 1 aromatic rings. The Morgan fingerprint density at radius 1 is 1.10 bits per heavy atom. The molecule has 0 aliphatic heterocycles. The molecule has 1 aliphatic carbocycles. The number of hydrogen-bond donors (Lipinski definition) is 2. The van der Waals surface area contributed by atoms with Crippen molar-refractivity contribution < 1.29 is 9.59 Å². The summed E-state index contributed by atoms with van der Waals surface area (Å²) in [6.45, 7) is 0. The maximum absolute atomic E-state index is 11.9. The minimum absolute atomic E-state index is 0.0318. The largest absolute Gasteiger partial charge is 0.273 e. The summed E-state index contributed by atoms with van der Waals surface area (Å²) in [5, 5.41) is 0.557. The third kappa shape index (κ3) is 4.23. The van der Waals surface area contributed by atoms with Gasteiger partial charge in [0.25, 0.3) is 0 Å². The highest BCUT2D eigenvalue weighted by atomic mass is 35.5. The first kappa shape index (κ1) is 14.9. The molecule has 0 spiro atoms. The quantitative estimate of drug-likeness (QED) is 0.842. The van der Waals surface area contributed by atoms with E-state index >= 15 is 0 Å².